The summed E-state index contributed by atoms with van der Waals surface area (Å²) in [6, 6.07) is 24.6. The van der Waals surface area contributed by atoms with Crippen LogP contribution in [0.4, 0.5) is 0 Å². The number of hydrogen-bond donors (Lipinski definition) is 0. The molecule has 14 nitrogen and oxygen atoms in total. The topological polar surface area (TPSA) is 145 Å². The smallest absolute Gasteiger partial charge is 0.188 e. The molecule has 0 aromatic heterocycles. The van der Waals surface area contributed by atoms with Crippen LogP contribution in [0, 0.1) is 11.8 Å². The van der Waals surface area contributed by atoms with Crippen molar-refractivity contribution in [3.63, 3.8) is 0 Å². The molecule has 4 aromatic carbocycles. The third kappa shape index (κ3) is 10.1. The first-order valence-corrected chi connectivity index (χ1v) is 17.7. The summed E-state index contributed by atoms with van der Waals surface area (Å²) in [4.78, 5) is 30.3. The number of hydrogen-bond acceptors (Lipinski definition) is 14. The van der Waals surface area contributed by atoms with E-state index in [2.05, 4.69) is 0 Å². The number of carbonyl (C=O) groups excluding carboxylic acids is 2. The molecule has 0 radical (unpaired) electrons. The van der Waals surface area contributed by atoms with Gasteiger partial charge in [-0.2, -0.15) is 0 Å². The van der Waals surface area contributed by atoms with Gasteiger partial charge in [0.15, 0.2) is 52.3 Å². The number of Topliss-reactive ketones (excluding diaryl/α,β-unsaturated/α-hetero) is 2. The van der Waals surface area contributed by atoms with Crippen LogP contribution in [0.2, 0.25) is 0 Å². The number of ether oxygens (including phenoxy) is 12. The Bertz CT molecular complexity index is 1710. The van der Waals surface area contributed by atoms with Crippen LogP contribution >= 0.6 is 0 Å². The maximum atomic E-state index is 15.2. The Kier molecular flexibility index (Phi) is 15.9. The normalized spacial score (nSPS) is 17.4. The standard InChI is InChI=1S/C42H48O14/c1-45-21-51-29-11-7-27(8-12-29)37-38(28-9-13-30(14-10-28)52-22-46-2)40(42(44)34-18-16-32(54-24-48-4)20-36(34)56-26-50-6)39(37)41(43)33-17-15-31(53-23-47-3)19-35(33)55-25-49-5/h7-20,37-40H,21-26H2,1-6H3/t37-,38-,39+,40+/m0/s1. The third-order valence-electron chi connectivity index (χ3n) is 9.16. The number of methoxy groups -OCH3 is 6. The average Bonchev–Trinajstić information content (AvgIpc) is 3.22. The van der Waals surface area contributed by atoms with E-state index in [4.69, 9.17) is 56.8 Å². The van der Waals surface area contributed by atoms with Crippen molar-refractivity contribution in [3.8, 4) is 34.5 Å². The van der Waals surface area contributed by atoms with E-state index in [1.165, 1.54) is 28.4 Å². The highest BCUT2D eigenvalue weighted by atomic mass is 16.7. The summed E-state index contributed by atoms with van der Waals surface area (Å²) in [6.07, 6.45) is 0. The van der Waals surface area contributed by atoms with E-state index in [0.29, 0.717) is 23.0 Å². The predicted molar refractivity (Wildman–Crippen MR) is 202 cm³/mol. The zero-order valence-electron chi connectivity index (χ0n) is 32.4. The van der Waals surface area contributed by atoms with Gasteiger partial charge < -0.3 is 56.8 Å². The molecule has 4 aromatic rings. The van der Waals surface area contributed by atoms with Gasteiger partial charge in [0.1, 0.15) is 34.5 Å². The number of ketones is 2. The SMILES string of the molecule is COCOc1ccc([C@@H]2[C@@H](C(=O)c3ccc(OCOC)cc3OCOC)[C@H](C(=O)c3ccc(OCOC)cc3OCOC)[C@H]2c2ccc(OCOC)cc2)cc1. The van der Waals surface area contributed by atoms with Gasteiger partial charge in [-0.05, 0) is 59.7 Å². The quantitative estimate of drug-likeness (QED) is 0.0567. The molecule has 1 aliphatic rings. The maximum absolute atomic E-state index is 15.2. The molecular weight excluding hydrogens is 728 g/mol. The molecule has 4 atom stereocenters. The third-order valence-corrected chi connectivity index (χ3v) is 9.16. The predicted octanol–water partition coefficient (Wildman–Crippen LogP) is 6.46. The Morgan fingerprint density at radius 2 is 0.679 bits per heavy atom. The van der Waals surface area contributed by atoms with Crippen molar-refractivity contribution in [3.05, 3.63) is 107 Å². The van der Waals surface area contributed by atoms with E-state index >= 15 is 9.59 Å². The van der Waals surface area contributed by atoms with E-state index < -0.39 is 23.7 Å². The second-order valence-electron chi connectivity index (χ2n) is 12.6. The lowest BCUT2D eigenvalue weighted by atomic mass is 9.49. The van der Waals surface area contributed by atoms with Gasteiger partial charge in [-0.25, -0.2) is 0 Å². The molecule has 56 heavy (non-hydrogen) atoms. The molecule has 0 aliphatic heterocycles. The van der Waals surface area contributed by atoms with Crippen molar-refractivity contribution in [2.45, 2.75) is 11.8 Å². The first kappa shape index (κ1) is 41.9. The first-order valence-electron chi connectivity index (χ1n) is 17.7. The molecule has 300 valence electrons. The summed E-state index contributed by atoms with van der Waals surface area (Å²) in [7, 11) is 9.06. The Labute approximate surface area is 326 Å². The summed E-state index contributed by atoms with van der Waals surface area (Å²) >= 11 is 0. The van der Waals surface area contributed by atoms with E-state index in [-0.39, 0.29) is 75.0 Å². The second-order valence-corrected chi connectivity index (χ2v) is 12.6. The van der Waals surface area contributed by atoms with Gasteiger partial charge in [-0.3, -0.25) is 9.59 Å². The minimum absolute atomic E-state index is 0.0118. The van der Waals surface area contributed by atoms with Crippen molar-refractivity contribution in [2.75, 3.05) is 83.4 Å². The van der Waals surface area contributed by atoms with Crippen LogP contribution in [0.3, 0.4) is 0 Å². The van der Waals surface area contributed by atoms with Crippen LogP contribution in [0.5, 0.6) is 34.5 Å². The molecule has 1 aliphatic carbocycles. The summed E-state index contributed by atoms with van der Waals surface area (Å²) < 4.78 is 65.2. The minimum atomic E-state index is -0.877. The zero-order valence-corrected chi connectivity index (χ0v) is 32.4. The fraction of sp³-hybridized carbons (Fsp3) is 0.381. The number of carbonyl (C=O) groups is 2. The summed E-state index contributed by atoms with van der Waals surface area (Å²) in [6.45, 7) is -0.157. The van der Waals surface area contributed by atoms with Gasteiger partial charge in [0, 0.05) is 78.5 Å². The lowest BCUT2D eigenvalue weighted by Crippen LogP contribution is -2.51. The van der Waals surface area contributed by atoms with Gasteiger partial charge >= 0.3 is 0 Å². The fourth-order valence-corrected chi connectivity index (χ4v) is 6.74. The first-order chi connectivity index (χ1) is 27.4. The lowest BCUT2D eigenvalue weighted by molar-refractivity contribution is 0.0382. The minimum Gasteiger partial charge on any atom is -0.468 e. The molecule has 5 rings (SSSR count). The van der Waals surface area contributed by atoms with Crippen LogP contribution in [-0.4, -0.2) is 95.0 Å². The summed E-state index contributed by atoms with van der Waals surface area (Å²) in [5.41, 5.74) is 2.14. The van der Waals surface area contributed by atoms with E-state index in [1.54, 1.807) is 50.6 Å². The van der Waals surface area contributed by atoms with Gasteiger partial charge in [0.25, 0.3) is 0 Å². The van der Waals surface area contributed by atoms with E-state index in [1.807, 2.05) is 48.5 Å². The second kappa shape index (κ2) is 21.2. The van der Waals surface area contributed by atoms with Crippen LogP contribution in [0.15, 0.2) is 84.9 Å². The molecule has 0 spiro atoms. The van der Waals surface area contributed by atoms with Crippen molar-refractivity contribution < 1.29 is 66.4 Å². The molecule has 1 saturated carbocycles. The molecule has 0 unspecified atom stereocenters. The fourth-order valence-electron chi connectivity index (χ4n) is 6.74. The van der Waals surface area contributed by atoms with Crippen molar-refractivity contribution in [2.24, 2.45) is 11.8 Å². The Morgan fingerprint density at radius 3 is 1.00 bits per heavy atom. The molecule has 0 N–H and O–H groups in total. The molecule has 0 saturated heterocycles. The Morgan fingerprint density at radius 1 is 0.393 bits per heavy atom. The number of rotatable bonds is 24. The van der Waals surface area contributed by atoms with Gasteiger partial charge in [0.2, 0.25) is 0 Å². The van der Waals surface area contributed by atoms with Gasteiger partial charge in [0.05, 0.1) is 11.1 Å². The largest absolute Gasteiger partial charge is 0.468 e. The summed E-state index contributed by atoms with van der Waals surface area (Å²) in [5, 5.41) is 0. The van der Waals surface area contributed by atoms with Crippen LogP contribution in [0.25, 0.3) is 0 Å². The van der Waals surface area contributed by atoms with E-state index in [0.717, 1.165) is 11.1 Å². The highest BCUT2D eigenvalue weighted by Gasteiger charge is 2.58. The van der Waals surface area contributed by atoms with Gasteiger partial charge in [-0.1, -0.05) is 24.3 Å². The summed E-state index contributed by atoms with van der Waals surface area (Å²) in [5.74, 6) is -0.879. The lowest BCUT2D eigenvalue weighted by Gasteiger charge is -2.51. The van der Waals surface area contributed by atoms with E-state index in [9.17, 15) is 0 Å². The zero-order chi connectivity index (χ0) is 39.9. The molecular formula is C42H48O14. The maximum Gasteiger partial charge on any atom is 0.188 e. The van der Waals surface area contributed by atoms with Crippen molar-refractivity contribution >= 4 is 11.6 Å². The van der Waals surface area contributed by atoms with Crippen molar-refractivity contribution in [1.29, 1.82) is 0 Å². The molecule has 1 fully saturated rings. The average molecular weight is 777 g/mol. The van der Waals surface area contributed by atoms with Crippen LogP contribution in [0.1, 0.15) is 43.7 Å². The highest BCUT2D eigenvalue weighted by molar-refractivity contribution is 6.09. The molecule has 0 heterocycles. The molecule has 0 bridgehead atoms. The Balaban J connectivity index is 1.67. The molecule has 14 heteroatoms. The van der Waals surface area contributed by atoms with Gasteiger partial charge in [-0.15, -0.1) is 0 Å². The highest BCUT2D eigenvalue weighted by Crippen LogP contribution is 2.60. The Hall–Kier alpha value is -5.22. The number of benzene rings is 4. The van der Waals surface area contributed by atoms with Crippen molar-refractivity contribution in [1.82, 2.24) is 0 Å². The monoisotopic (exact) mass is 776 g/mol. The van der Waals surface area contributed by atoms with Crippen LogP contribution < -0.4 is 28.4 Å². The molecule has 0 amide bonds. The van der Waals surface area contributed by atoms with Crippen LogP contribution in [-0.2, 0) is 28.4 Å².